The molecule has 3 heteroatoms. The molecule has 0 aliphatic heterocycles. The van der Waals surface area contributed by atoms with Crippen LogP contribution in [0.5, 0.6) is 0 Å². The minimum absolute atomic E-state index is 0.0900. The molecule has 0 radical (unpaired) electrons. The average Bonchev–Trinajstić information content (AvgIpc) is 1.82. The predicted molar refractivity (Wildman–Crippen MR) is 44.1 cm³/mol. The van der Waals surface area contributed by atoms with E-state index in [1.54, 1.807) is 0 Å². The number of rotatable bonds is 4. The monoisotopic (exact) mass is 159 g/mol. The van der Waals surface area contributed by atoms with Gasteiger partial charge in [-0.15, -0.1) is 0 Å². The Hall–Kier alpha value is -0.570. The number of hydrogen-bond donors (Lipinski definition) is 2. The van der Waals surface area contributed by atoms with Gasteiger partial charge in [-0.2, -0.15) is 0 Å². The molecule has 0 spiro atoms. The van der Waals surface area contributed by atoms with Gasteiger partial charge < -0.3 is 10.4 Å². The van der Waals surface area contributed by atoms with Gasteiger partial charge in [0.05, 0.1) is 6.10 Å². The SMILES string of the molecule is CC(=O)NCC(O)CC(C)C. The second-order valence-electron chi connectivity index (χ2n) is 3.22. The van der Waals surface area contributed by atoms with Gasteiger partial charge >= 0.3 is 0 Å². The zero-order chi connectivity index (χ0) is 8.85. The molecule has 0 heterocycles. The number of carbonyl (C=O) groups is 1. The van der Waals surface area contributed by atoms with Crippen molar-refractivity contribution in [1.29, 1.82) is 0 Å². The number of aliphatic hydroxyl groups is 1. The van der Waals surface area contributed by atoms with E-state index in [9.17, 15) is 9.90 Å². The van der Waals surface area contributed by atoms with E-state index in [2.05, 4.69) is 5.32 Å². The Bertz CT molecular complexity index is 123. The van der Waals surface area contributed by atoms with Crippen LogP contribution in [0.4, 0.5) is 0 Å². The summed E-state index contributed by atoms with van der Waals surface area (Å²) in [5, 5.41) is 11.8. The Labute approximate surface area is 67.8 Å². The molecule has 0 bridgehead atoms. The first-order valence-corrected chi connectivity index (χ1v) is 3.95. The molecule has 1 atom stereocenters. The second kappa shape index (κ2) is 5.13. The van der Waals surface area contributed by atoms with Gasteiger partial charge in [0, 0.05) is 13.5 Å². The maximum atomic E-state index is 10.4. The zero-order valence-electron chi connectivity index (χ0n) is 7.42. The molecule has 0 saturated carbocycles. The third-order valence-electron chi connectivity index (χ3n) is 1.33. The number of nitrogens with one attached hydrogen (secondary N) is 1. The zero-order valence-corrected chi connectivity index (χ0v) is 7.42. The van der Waals surface area contributed by atoms with Gasteiger partial charge in [-0.25, -0.2) is 0 Å². The van der Waals surface area contributed by atoms with E-state index in [1.165, 1.54) is 6.92 Å². The van der Waals surface area contributed by atoms with Gasteiger partial charge in [0.15, 0.2) is 0 Å². The number of aliphatic hydroxyl groups excluding tert-OH is 1. The van der Waals surface area contributed by atoms with E-state index in [-0.39, 0.29) is 5.91 Å². The summed E-state index contributed by atoms with van der Waals surface area (Å²) in [4.78, 5) is 10.4. The lowest BCUT2D eigenvalue weighted by molar-refractivity contribution is -0.119. The van der Waals surface area contributed by atoms with Crippen LogP contribution in [0.3, 0.4) is 0 Å². The summed E-state index contributed by atoms with van der Waals surface area (Å²) in [6.07, 6.45) is 0.333. The number of hydrogen-bond acceptors (Lipinski definition) is 2. The number of amides is 1. The maximum Gasteiger partial charge on any atom is 0.216 e. The summed E-state index contributed by atoms with van der Waals surface area (Å²) < 4.78 is 0. The summed E-state index contributed by atoms with van der Waals surface area (Å²) >= 11 is 0. The van der Waals surface area contributed by atoms with E-state index in [0.717, 1.165) is 6.42 Å². The Morgan fingerprint density at radius 2 is 2.09 bits per heavy atom. The average molecular weight is 159 g/mol. The van der Waals surface area contributed by atoms with Crippen molar-refractivity contribution in [2.24, 2.45) is 5.92 Å². The van der Waals surface area contributed by atoms with Gasteiger partial charge in [-0.3, -0.25) is 4.79 Å². The van der Waals surface area contributed by atoms with E-state index >= 15 is 0 Å². The van der Waals surface area contributed by atoms with Crippen molar-refractivity contribution in [2.75, 3.05) is 6.54 Å². The molecule has 0 rings (SSSR count). The second-order valence-corrected chi connectivity index (χ2v) is 3.22. The van der Waals surface area contributed by atoms with Crippen LogP contribution in [0.2, 0.25) is 0 Å². The lowest BCUT2D eigenvalue weighted by Gasteiger charge is -2.12. The highest BCUT2D eigenvalue weighted by Crippen LogP contribution is 2.02. The molecule has 0 aliphatic carbocycles. The van der Waals surface area contributed by atoms with Crippen LogP contribution in [0.15, 0.2) is 0 Å². The summed E-state index contributed by atoms with van der Waals surface area (Å²) in [7, 11) is 0. The van der Waals surface area contributed by atoms with E-state index < -0.39 is 6.10 Å². The molecule has 0 fully saturated rings. The van der Waals surface area contributed by atoms with E-state index in [1.807, 2.05) is 13.8 Å². The van der Waals surface area contributed by atoms with E-state index in [0.29, 0.717) is 12.5 Å². The van der Waals surface area contributed by atoms with Gasteiger partial charge in [0.25, 0.3) is 0 Å². The van der Waals surface area contributed by atoms with Crippen molar-refractivity contribution < 1.29 is 9.90 Å². The summed E-state index contributed by atoms with van der Waals surface area (Å²) in [6.45, 7) is 5.89. The first kappa shape index (κ1) is 10.4. The minimum Gasteiger partial charge on any atom is -0.391 e. The molecule has 0 saturated heterocycles. The van der Waals surface area contributed by atoms with Crippen molar-refractivity contribution >= 4 is 5.91 Å². The van der Waals surface area contributed by atoms with Crippen LogP contribution in [-0.4, -0.2) is 23.7 Å². The first-order chi connectivity index (χ1) is 5.02. The van der Waals surface area contributed by atoms with Crippen LogP contribution in [0, 0.1) is 5.92 Å². The van der Waals surface area contributed by atoms with Crippen molar-refractivity contribution in [3.63, 3.8) is 0 Å². The Balaban J connectivity index is 3.37. The van der Waals surface area contributed by atoms with Gasteiger partial charge in [0.1, 0.15) is 0 Å². The Morgan fingerprint density at radius 1 is 1.55 bits per heavy atom. The lowest BCUT2D eigenvalue weighted by atomic mass is 10.1. The molecule has 0 aromatic carbocycles. The Kier molecular flexibility index (Phi) is 4.86. The summed E-state index contributed by atoms with van der Waals surface area (Å²) in [6, 6.07) is 0. The summed E-state index contributed by atoms with van der Waals surface area (Å²) in [5.74, 6) is 0.381. The number of carbonyl (C=O) groups excluding carboxylic acids is 1. The van der Waals surface area contributed by atoms with Crippen molar-refractivity contribution in [1.82, 2.24) is 5.32 Å². The molecule has 3 nitrogen and oxygen atoms in total. The molecule has 2 N–H and O–H groups in total. The normalized spacial score (nSPS) is 13.2. The molecule has 1 amide bonds. The van der Waals surface area contributed by atoms with Crippen LogP contribution in [0.25, 0.3) is 0 Å². The van der Waals surface area contributed by atoms with Crippen molar-refractivity contribution in [3.8, 4) is 0 Å². The molecule has 0 aromatic rings. The molecular weight excluding hydrogens is 142 g/mol. The molecule has 11 heavy (non-hydrogen) atoms. The largest absolute Gasteiger partial charge is 0.391 e. The smallest absolute Gasteiger partial charge is 0.216 e. The van der Waals surface area contributed by atoms with Gasteiger partial charge in [-0.05, 0) is 12.3 Å². The predicted octanol–water partition coefficient (Wildman–Crippen LogP) is 0.529. The van der Waals surface area contributed by atoms with Crippen molar-refractivity contribution in [3.05, 3.63) is 0 Å². The molecule has 0 aliphatic rings. The summed E-state index contributed by atoms with van der Waals surface area (Å²) in [5.41, 5.74) is 0. The van der Waals surface area contributed by atoms with Crippen LogP contribution in [0.1, 0.15) is 27.2 Å². The van der Waals surface area contributed by atoms with Crippen LogP contribution in [-0.2, 0) is 4.79 Å². The molecular formula is C8H17NO2. The molecule has 1 unspecified atom stereocenters. The standard InChI is InChI=1S/C8H17NO2/c1-6(2)4-8(11)5-9-7(3)10/h6,8,11H,4-5H2,1-3H3,(H,9,10). The highest BCUT2D eigenvalue weighted by atomic mass is 16.3. The fourth-order valence-electron chi connectivity index (χ4n) is 0.889. The highest BCUT2D eigenvalue weighted by Gasteiger charge is 2.06. The van der Waals surface area contributed by atoms with Crippen LogP contribution < -0.4 is 5.32 Å². The third kappa shape index (κ3) is 7.33. The third-order valence-corrected chi connectivity index (χ3v) is 1.33. The highest BCUT2D eigenvalue weighted by molar-refractivity contribution is 5.72. The Morgan fingerprint density at radius 3 is 2.45 bits per heavy atom. The van der Waals surface area contributed by atoms with Gasteiger partial charge in [0.2, 0.25) is 5.91 Å². The fraction of sp³-hybridized carbons (Fsp3) is 0.875. The molecule has 0 aromatic heterocycles. The fourth-order valence-corrected chi connectivity index (χ4v) is 0.889. The van der Waals surface area contributed by atoms with Crippen LogP contribution >= 0.6 is 0 Å². The maximum absolute atomic E-state index is 10.4. The topological polar surface area (TPSA) is 49.3 Å². The van der Waals surface area contributed by atoms with Gasteiger partial charge in [-0.1, -0.05) is 13.8 Å². The van der Waals surface area contributed by atoms with Crippen molar-refractivity contribution in [2.45, 2.75) is 33.3 Å². The molecule has 66 valence electrons. The lowest BCUT2D eigenvalue weighted by Crippen LogP contribution is -2.30. The quantitative estimate of drug-likeness (QED) is 0.628. The minimum atomic E-state index is -0.404. The first-order valence-electron chi connectivity index (χ1n) is 3.95. The van der Waals surface area contributed by atoms with E-state index in [4.69, 9.17) is 0 Å².